The van der Waals surface area contributed by atoms with E-state index in [0.717, 1.165) is 0 Å². The molecule has 3 nitrogen and oxygen atoms in total. The first-order valence-corrected chi connectivity index (χ1v) is 16.6. The molecule has 40 heavy (non-hydrogen) atoms. The molecule has 220 valence electrons. The molecule has 0 aliphatic carbocycles. The summed E-state index contributed by atoms with van der Waals surface area (Å²) < 4.78 is 16.0. The fourth-order valence-corrected chi connectivity index (χ4v) is 6.58. The monoisotopic (exact) mass is 545 g/mol. The van der Waals surface area contributed by atoms with Crippen LogP contribution in [0, 0.1) is 0 Å². The summed E-state index contributed by atoms with van der Waals surface area (Å²) in [6, 6.07) is 16.4. The van der Waals surface area contributed by atoms with Gasteiger partial charge in [-0.3, -0.25) is 0 Å². The Labute approximate surface area is 245 Å². The topological polar surface area (TPSA) is 23.4 Å². The lowest BCUT2D eigenvalue weighted by molar-refractivity contribution is -0.152. The van der Waals surface area contributed by atoms with Crippen LogP contribution in [0.15, 0.2) is 42.5 Å². The third kappa shape index (κ3) is 7.16. The van der Waals surface area contributed by atoms with E-state index in [2.05, 4.69) is 88.6 Å². The Balaban J connectivity index is 1.69. The van der Waals surface area contributed by atoms with Crippen molar-refractivity contribution in [3.63, 3.8) is 0 Å². The van der Waals surface area contributed by atoms with E-state index in [1.54, 1.807) is 0 Å². The predicted octanol–water partition coefficient (Wildman–Crippen LogP) is 10.2. The van der Waals surface area contributed by atoms with Crippen LogP contribution in [0.25, 0.3) is 21.8 Å². The van der Waals surface area contributed by atoms with Gasteiger partial charge in [0.25, 0.3) is 0 Å². The first kappa shape index (κ1) is 31.2. The molecule has 2 heterocycles. The number of ether oxygens (including phenoxy) is 1. The molecule has 0 unspecified atom stereocenters. The van der Waals surface area contributed by atoms with Crippen molar-refractivity contribution in [3.8, 4) is 0 Å². The van der Waals surface area contributed by atoms with Crippen LogP contribution < -0.4 is 5.46 Å². The van der Waals surface area contributed by atoms with E-state index in [9.17, 15) is 0 Å². The van der Waals surface area contributed by atoms with E-state index < -0.39 is 0 Å². The van der Waals surface area contributed by atoms with E-state index >= 15 is 0 Å². The molecule has 0 radical (unpaired) electrons. The third-order valence-electron chi connectivity index (χ3n) is 9.74. The van der Waals surface area contributed by atoms with Gasteiger partial charge in [-0.15, -0.1) is 0 Å². The lowest BCUT2D eigenvalue weighted by Crippen LogP contribution is -2.61. The molecule has 1 fully saturated rings. The SMILES string of the molecule is CCCCCCCCC(CCCCCCCC)n1c2ccccc2c2cccc(B3COC(C)(C)C(C)(C)O3)c21. The molecular formula is C36H56BNO2. The highest BCUT2D eigenvalue weighted by atomic mass is 16.6. The first-order chi connectivity index (χ1) is 19.3. The molecule has 4 heteroatoms. The van der Waals surface area contributed by atoms with Crippen molar-refractivity contribution in [2.75, 3.05) is 6.51 Å². The van der Waals surface area contributed by atoms with Gasteiger partial charge in [-0.2, -0.15) is 0 Å². The fourth-order valence-electron chi connectivity index (χ4n) is 6.58. The van der Waals surface area contributed by atoms with Crippen molar-refractivity contribution in [2.24, 2.45) is 0 Å². The second-order valence-corrected chi connectivity index (χ2v) is 13.3. The van der Waals surface area contributed by atoms with Crippen LogP contribution in [0.1, 0.15) is 137 Å². The predicted molar refractivity (Wildman–Crippen MR) is 175 cm³/mol. The summed E-state index contributed by atoms with van der Waals surface area (Å²) in [6.45, 7) is 13.8. The summed E-state index contributed by atoms with van der Waals surface area (Å²) in [6.07, 6.45) is 18.7. The van der Waals surface area contributed by atoms with Crippen molar-refractivity contribution < 1.29 is 9.39 Å². The normalized spacial score (nSPS) is 16.9. The summed E-state index contributed by atoms with van der Waals surface area (Å²) in [4.78, 5) is 0. The number of hydrogen-bond acceptors (Lipinski definition) is 2. The number of fused-ring (bicyclic) bond motifs is 3. The Morgan fingerprint density at radius 2 is 1.27 bits per heavy atom. The zero-order chi connectivity index (χ0) is 28.6. The Morgan fingerprint density at radius 1 is 0.700 bits per heavy atom. The van der Waals surface area contributed by atoms with E-state index in [4.69, 9.17) is 9.39 Å². The Kier molecular flexibility index (Phi) is 11.2. The van der Waals surface area contributed by atoms with Crippen molar-refractivity contribution in [3.05, 3.63) is 42.5 Å². The van der Waals surface area contributed by atoms with Crippen LogP contribution in [-0.4, -0.2) is 29.2 Å². The molecular weight excluding hydrogens is 489 g/mol. The molecule has 4 rings (SSSR count). The summed E-state index contributed by atoms with van der Waals surface area (Å²) >= 11 is 0. The van der Waals surface area contributed by atoms with Crippen LogP contribution in [0.5, 0.6) is 0 Å². The Bertz CT molecular complexity index is 1180. The van der Waals surface area contributed by atoms with Gasteiger partial charge in [0.05, 0.1) is 17.7 Å². The quantitative estimate of drug-likeness (QED) is 0.132. The van der Waals surface area contributed by atoms with Crippen LogP contribution >= 0.6 is 0 Å². The molecule has 0 N–H and O–H groups in total. The summed E-state index contributed by atoms with van der Waals surface area (Å²) in [5, 5.41) is 2.72. The maximum Gasteiger partial charge on any atom is 0.356 e. The molecule has 0 saturated carbocycles. The van der Waals surface area contributed by atoms with E-state index in [1.807, 2.05) is 0 Å². The van der Waals surface area contributed by atoms with E-state index in [-0.39, 0.29) is 18.1 Å². The van der Waals surface area contributed by atoms with Crippen molar-refractivity contribution >= 4 is 34.2 Å². The van der Waals surface area contributed by atoms with Crippen LogP contribution in [0.3, 0.4) is 0 Å². The maximum absolute atomic E-state index is 6.85. The molecule has 1 saturated heterocycles. The Hall–Kier alpha value is -1.78. The average Bonchev–Trinajstić information content (AvgIpc) is 3.27. The first-order valence-electron chi connectivity index (χ1n) is 16.6. The number of rotatable bonds is 16. The molecule has 1 aromatic heterocycles. The zero-order valence-corrected chi connectivity index (χ0v) is 26.6. The van der Waals surface area contributed by atoms with Gasteiger partial charge in [0.2, 0.25) is 0 Å². The maximum atomic E-state index is 6.85. The van der Waals surface area contributed by atoms with Gasteiger partial charge in [0.1, 0.15) is 0 Å². The van der Waals surface area contributed by atoms with Gasteiger partial charge in [-0.1, -0.05) is 127 Å². The third-order valence-corrected chi connectivity index (χ3v) is 9.74. The summed E-state index contributed by atoms with van der Waals surface area (Å²) in [5.41, 5.74) is 3.35. The largest absolute Gasteiger partial charge is 0.421 e. The lowest BCUT2D eigenvalue weighted by Gasteiger charge is -2.47. The van der Waals surface area contributed by atoms with Crippen molar-refractivity contribution in [1.82, 2.24) is 4.57 Å². The molecule has 0 atom stereocenters. The highest BCUT2D eigenvalue weighted by Crippen LogP contribution is 2.37. The van der Waals surface area contributed by atoms with Gasteiger partial charge in [-0.05, 0) is 52.1 Å². The number of para-hydroxylation sites is 2. The number of unbranched alkanes of at least 4 members (excludes halogenated alkanes) is 10. The van der Waals surface area contributed by atoms with Crippen LogP contribution in [0.2, 0.25) is 0 Å². The minimum atomic E-state index is -0.370. The molecule has 0 amide bonds. The van der Waals surface area contributed by atoms with Crippen LogP contribution in [-0.2, 0) is 9.39 Å². The van der Waals surface area contributed by atoms with Gasteiger partial charge in [0, 0.05) is 27.8 Å². The molecule has 1 aliphatic rings. The average molecular weight is 546 g/mol. The number of aromatic nitrogens is 1. The highest BCUT2D eigenvalue weighted by Gasteiger charge is 2.47. The number of nitrogens with zero attached hydrogens (tertiary/aromatic N) is 1. The lowest BCUT2D eigenvalue weighted by atomic mass is 9.58. The second kappa shape index (κ2) is 14.4. The second-order valence-electron chi connectivity index (χ2n) is 13.3. The fraction of sp³-hybridized carbons (Fsp3) is 0.667. The number of benzene rings is 2. The minimum Gasteiger partial charge on any atom is -0.421 e. The van der Waals surface area contributed by atoms with E-state index in [1.165, 1.54) is 117 Å². The molecule has 1 aliphatic heterocycles. The molecule has 0 spiro atoms. The van der Waals surface area contributed by atoms with Gasteiger partial charge in [-0.25, -0.2) is 0 Å². The molecule has 3 aromatic rings. The smallest absolute Gasteiger partial charge is 0.356 e. The summed E-state index contributed by atoms with van der Waals surface area (Å²) in [5.74, 6) is 0. The molecule has 0 bridgehead atoms. The van der Waals surface area contributed by atoms with Crippen molar-refractivity contribution in [1.29, 1.82) is 0 Å². The minimum absolute atomic E-state index is 0.0708. The zero-order valence-electron chi connectivity index (χ0n) is 26.6. The van der Waals surface area contributed by atoms with Gasteiger partial charge >= 0.3 is 6.92 Å². The highest BCUT2D eigenvalue weighted by molar-refractivity contribution is 6.70. The summed E-state index contributed by atoms with van der Waals surface area (Å²) in [7, 11) is 0. The van der Waals surface area contributed by atoms with Crippen molar-refractivity contribution in [2.45, 2.75) is 149 Å². The molecule has 2 aromatic carbocycles. The van der Waals surface area contributed by atoms with Crippen LogP contribution in [0.4, 0.5) is 0 Å². The Morgan fingerprint density at radius 3 is 1.90 bits per heavy atom. The number of hydrogen-bond donors (Lipinski definition) is 0. The van der Waals surface area contributed by atoms with E-state index in [0.29, 0.717) is 12.5 Å². The standard InChI is InChI=1S/C36H56BNO2/c1-7-9-11-13-15-17-22-29(23-18-16-14-12-10-8-2)38-33-27-20-19-24-30(33)31-25-21-26-32(34(31)38)37-28-39-35(3,4)36(5,6)40-37/h19-21,24-27,29H,7-18,22-23,28H2,1-6H3. The van der Waals surface area contributed by atoms with Gasteiger partial charge < -0.3 is 14.0 Å². The van der Waals surface area contributed by atoms with Gasteiger partial charge in [0.15, 0.2) is 0 Å².